The van der Waals surface area contributed by atoms with Crippen LogP contribution in [0.5, 0.6) is 11.5 Å². The molecule has 0 radical (unpaired) electrons. The van der Waals surface area contributed by atoms with Crippen molar-refractivity contribution in [2.24, 2.45) is 0 Å². The van der Waals surface area contributed by atoms with E-state index in [0.29, 0.717) is 0 Å². The fourth-order valence-electron chi connectivity index (χ4n) is 2.44. The number of carbonyl (C=O) groups excluding carboxylic acids is 1. The number of ether oxygens (including phenoxy) is 1. The van der Waals surface area contributed by atoms with Gasteiger partial charge in [0.1, 0.15) is 11.5 Å². The second-order valence-electron chi connectivity index (χ2n) is 5.19. The Morgan fingerprint density at radius 3 is 2.48 bits per heavy atom. The summed E-state index contributed by atoms with van der Waals surface area (Å²) in [7, 11) is 0. The molecule has 1 aliphatic rings. The van der Waals surface area contributed by atoms with E-state index in [9.17, 15) is 22.6 Å². The van der Waals surface area contributed by atoms with Gasteiger partial charge in [-0.15, -0.1) is 9.88 Å². The van der Waals surface area contributed by atoms with Gasteiger partial charge in [-0.1, -0.05) is 11.6 Å². The monoisotopic (exact) mass is 419 g/mol. The molecular weight excluding hydrogens is 414 g/mol. The van der Waals surface area contributed by atoms with Crippen LogP contribution in [0.1, 0.15) is 27.9 Å². The molecule has 2 aromatic rings. The van der Waals surface area contributed by atoms with Gasteiger partial charge in [-0.2, -0.15) is 5.26 Å². The Hall–Kier alpha value is -2.32. The van der Waals surface area contributed by atoms with E-state index in [4.69, 9.17) is 21.6 Å². The van der Waals surface area contributed by atoms with Gasteiger partial charge in [0.05, 0.1) is 17.2 Å². The molecule has 3 rings (SSSR count). The summed E-state index contributed by atoms with van der Waals surface area (Å²) in [5, 5.41) is 6.02. The van der Waals surface area contributed by atoms with Crippen molar-refractivity contribution in [3.8, 4) is 17.6 Å². The first-order valence-corrected chi connectivity index (χ1v) is 8.21. The fraction of sp³-hybridized carbons (Fsp3) is 0.125. The Labute approximate surface area is 158 Å². The van der Waals surface area contributed by atoms with E-state index in [1.165, 1.54) is 18.2 Å². The third-order valence-electron chi connectivity index (χ3n) is 3.56. The lowest BCUT2D eigenvalue weighted by atomic mass is 10.1. The van der Waals surface area contributed by atoms with Crippen molar-refractivity contribution in [3.63, 3.8) is 0 Å². The quantitative estimate of drug-likeness (QED) is 0.458. The lowest BCUT2D eigenvalue weighted by molar-refractivity contribution is -0.342. The highest BCUT2D eigenvalue weighted by molar-refractivity contribution is 8.01. The number of carbonyl (C=O) groups is 1. The summed E-state index contributed by atoms with van der Waals surface area (Å²) in [5.74, 6) is -1.73. The molecule has 0 N–H and O–H groups in total. The van der Waals surface area contributed by atoms with Crippen LogP contribution in [0.3, 0.4) is 0 Å². The molecule has 0 amide bonds. The first-order chi connectivity index (χ1) is 12.8. The molecule has 0 bridgehead atoms. The van der Waals surface area contributed by atoms with Gasteiger partial charge in [0.15, 0.2) is 0 Å². The number of thioether (sulfide) groups is 1. The van der Waals surface area contributed by atoms with Crippen molar-refractivity contribution in [1.29, 1.82) is 5.26 Å². The highest BCUT2D eigenvalue weighted by Gasteiger charge is 2.54. The molecule has 1 aliphatic heterocycles. The molecule has 2 aromatic carbocycles. The van der Waals surface area contributed by atoms with Crippen molar-refractivity contribution in [2.75, 3.05) is 0 Å². The third-order valence-corrected chi connectivity index (χ3v) is 5.01. The average Bonchev–Trinajstić information content (AvgIpc) is 2.93. The minimum atomic E-state index is -3.17. The van der Waals surface area contributed by atoms with Crippen LogP contribution in [0.15, 0.2) is 35.2 Å². The van der Waals surface area contributed by atoms with Crippen LogP contribution in [-0.2, 0) is 9.88 Å². The van der Waals surface area contributed by atoms with Crippen LogP contribution >= 0.6 is 23.4 Å². The molecule has 11 heteroatoms. The van der Waals surface area contributed by atoms with E-state index in [1.807, 2.05) is 6.07 Å². The number of nitrogens with zero attached hydrogens (tertiary/aromatic N) is 1. The maximum atomic E-state index is 13.6. The highest BCUT2D eigenvalue weighted by Crippen LogP contribution is 2.53. The molecule has 1 heterocycles. The Morgan fingerprint density at radius 2 is 1.89 bits per heavy atom. The predicted molar refractivity (Wildman–Crippen MR) is 84.9 cm³/mol. The predicted octanol–water partition coefficient (Wildman–Crippen LogP) is 5.69. The van der Waals surface area contributed by atoms with Crippen LogP contribution in [-0.4, -0.2) is 10.9 Å². The molecule has 0 saturated heterocycles. The molecule has 0 saturated carbocycles. The lowest BCUT2D eigenvalue weighted by Crippen LogP contribution is -2.32. The maximum Gasteiger partial charge on any atom is 0.356 e. The molecule has 0 fully saturated rings. The smallest absolute Gasteiger partial charge is 0.356 e. The third kappa shape index (κ3) is 3.35. The second-order valence-corrected chi connectivity index (χ2v) is 6.77. The zero-order valence-corrected chi connectivity index (χ0v) is 14.4. The largest absolute Gasteiger partial charge is 0.457 e. The second kappa shape index (κ2) is 7.36. The number of alkyl halides is 2. The summed E-state index contributed by atoms with van der Waals surface area (Å²) in [6.45, 7) is 0. The van der Waals surface area contributed by atoms with Gasteiger partial charge in [0.25, 0.3) is 6.43 Å². The summed E-state index contributed by atoms with van der Waals surface area (Å²) in [5.41, 5.74) is -1.08. The van der Waals surface area contributed by atoms with E-state index >= 15 is 0 Å². The normalized spacial score (nSPS) is 14.9. The van der Waals surface area contributed by atoms with Gasteiger partial charge < -0.3 is 4.74 Å². The minimum Gasteiger partial charge on any atom is -0.457 e. The number of halogens is 5. The van der Waals surface area contributed by atoms with E-state index in [1.54, 1.807) is 0 Å². The number of fused-ring (bicyclic) bond motifs is 1. The van der Waals surface area contributed by atoms with Crippen molar-refractivity contribution < 1.29 is 37.2 Å². The number of ketones is 1. The number of nitriles is 1. The molecule has 0 aromatic heterocycles. The summed E-state index contributed by atoms with van der Waals surface area (Å²) < 4.78 is 58.1. The van der Waals surface area contributed by atoms with Crippen LogP contribution < -0.4 is 4.74 Å². The molecule has 0 atom stereocenters. The van der Waals surface area contributed by atoms with Gasteiger partial charge in [-0.05, 0) is 51.1 Å². The molecule has 5 nitrogen and oxygen atoms in total. The van der Waals surface area contributed by atoms with Gasteiger partial charge in [0, 0.05) is 15.5 Å². The number of Topliss-reactive ketones (excluding diaryl/α,β-unsaturated/α-hetero) is 1. The van der Waals surface area contributed by atoms with Gasteiger partial charge in [-0.3, -0.25) is 4.79 Å². The molecule has 27 heavy (non-hydrogen) atoms. The van der Waals surface area contributed by atoms with Crippen molar-refractivity contribution >= 4 is 29.1 Å². The Kier molecular flexibility index (Phi) is 5.30. The average molecular weight is 420 g/mol. The highest BCUT2D eigenvalue weighted by atomic mass is 35.5. The van der Waals surface area contributed by atoms with Gasteiger partial charge >= 0.3 is 5.12 Å². The summed E-state index contributed by atoms with van der Waals surface area (Å²) >= 11 is 5.84. The van der Waals surface area contributed by atoms with Crippen molar-refractivity contribution in [2.45, 2.75) is 16.4 Å². The van der Waals surface area contributed by atoms with Crippen LogP contribution in [0.25, 0.3) is 0 Å². The summed E-state index contributed by atoms with van der Waals surface area (Å²) in [6, 6.07) is 7.77. The topological polar surface area (TPSA) is 68.6 Å². The van der Waals surface area contributed by atoms with Crippen LogP contribution in [0, 0.1) is 11.3 Å². The maximum absolute atomic E-state index is 13.6. The van der Waals surface area contributed by atoms with Gasteiger partial charge in [0.2, 0.25) is 5.78 Å². The van der Waals surface area contributed by atoms with Crippen LogP contribution in [0.4, 0.5) is 17.8 Å². The molecular formula is C16H6ClF4NO4S. The van der Waals surface area contributed by atoms with Gasteiger partial charge in [-0.25, -0.2) is 8.78 Å². The number of benzene rings is 2. The summed E-state index contributed by atoms with van der Waals surface area (Å²) in [4.78, 5) is 18.1. The summed E-state index contributed by atoms with van der Waals surface area (Å²) in [6.07, 6.45) is -3.17. The molecule has 0 aliphatic carbocycles. The Balaban J connectivity index is 2.09. The number of rotatable bonds is 5. The first-order valence-electron chi connectivity index (χ1n) is 7.02. The fourth-order valence-corrected chi connectivity index (χ4v) is 3.77. The first kappa shape index (κ1) is 19.4. The lowest BCUT2D eigenvalue weighted by Gasteiger charge is -2.15. The molecule has 0 spiro atoms. The minimum absolute atomic E-state index is 0.000188. The van der Waals surface area contributed by atoms with E-state index in [0.717, 1.165) is 12.1 Å². The zero-order valence-electron chi connectivity index (χ0n) is 12.8. The zero-order chi connectivity index (χ0) is 19.8. The Morgan fingerprint density at radius 1 is 1.19 bits per heavy atom. The number of hydrogen-bond donors (Lipinski definition) is 0. The van der Waals surface area contributed by atoms with E-state index < -0.39 is 39.1 Å². The Bertz CT molecular complexity index is 962. The number of hydrogen-bond acceptors (Lipinski definition) is 6. The molecule has 0 unspecified atom stereocenters. The SMILES string of the molecule is N#Cc1cc(Cl)cc(Oc2ccc3c(c2C(F)F)SC(OF)(OF)C3=O)c1. The van der Waals surface area contributed by atoms with E-state index in [2.05, 4.69) is 9.88 Å². The molecule has 140 valence electrons. The van der Waals surface area contributed by atoms with Crippen LogP contribution in [0.2, 0.25) is 5.02 Å². The van der Waals surface area contributed by atoms with Crippen molar-refractivity contribution in [3.05, 3.63) is 52.0 Å². The van der Waals surface area contributed by atoms with Crippen molar-refractivity contribution in [1.82, 2.24) is 0 Å². The van der Waals surface area contributed by atoms with E-state index in [-0.39, 0.29) is 28.1 Å². The standard InChI is InChI=1S/C16H6ClF4NO4S/c17-8-3-7(6-22)4-9(5-8)24-11-2-1-10-13(12(11)15(18)19)27-16(25-20,26-21)14(10)23/h1-5,15H.